The molecule has 0 aromatic carbocycles. The molecule has 0 saturated heterocycles. The molecule has 3 heterocycles. The average Bonchev–Trinajstić information content (AvgIpc) is 3.27. The number of hydrogen-bond donors (Lipinski definition) is 0. The van der Waals surface area contributed by atoms with Crippen molar-refractivity contribution in [2.24, 2.45) is 0 Å². The van der Waals surface area contributed by atoms with Crippen LogP contribution < -0.4 is 0 Å². The molecule has 0 N–H and O–H groups in total. The zero-order valence-electron chi connectivity index (χ0n) is 12.1. The average molecular weight is 366 g/mol. The molecule has 120 valence electrons. The van der Waals surface area contributed by atoms with E-state index >= 15 is 0 Å². The van der Waals surface area contributed by atoms with E-state index in [-0.39, 0.29) is 13.1 Å². The van der Waals surface area contributed by atoms with Crippen LogP contribution in [0.25, 0.3) is 10.8 Å². The van der Waals surface area contributed by atoms with Gasteiger partial charge in [-0.05, 0) is 22.9 Å². The Kier molecular flexibility index (Phi) is 4.76. The van der Waals surface area contributed by atoms with Gasteiger partial charge in [-0.15, -0.1) is 29.3 Å². The lowest BCUT2D eigenvalue weighted by Crippen LogP contribution is -2.30. The largest absolute Gasteiger partial charge is 0.444 e. The second-order valence-electron chi connectivity index (χ2n) is 4.64. The summed E-state index contributed by atoms with van der Waals surface area (Å²) in [5.74, 6) is 0.502. The number of hydrogen-bond acceptors (Lipinski definition) is 6. The molecule has 0 atom stereocenters. The minimum absolute atomic E-state index is 0.140. The van der Waals surface area contributed by atoms with Crippen molar-refractivity contribution in [2.75, 3.05) is 6.54 Å². The number of oxazole rings is 1. The predicted octanol–water partition coefficient (Wildman–Crippen LogP) is 3.84. The van der Waals surface area contributed by atoms with Gasteiger partial charge in [-0.25, -0.2) is 13.4 Å². The Morgan fingerprint density at radius 1 is 1.26 bits per heavy atom. The van der Waals surface area contributed by atoms with Crippen molar-refractivity contribution in [2.45, 2.75) is 10.8 Å². The predicted molar refractivity (Wildman–Crippen MR) is 91.9 cm³/mol. The van der Waals surface area contributed by atoms with E-state index in [9.17, 15) is 8.42 Å². The summed E-state index contributed by atoms with van der Waals surface area (Å²) in [5, 5.41) is 3.68. The summed E-state index contributed by atoms with van der Waals surface area (Å²) < 4.78 is 32.4. The maximum Gasteiger partial charge on any atom is 0.253 e. The van der Waals surface area contributed by atoms with Gasteiger partial charge in [0.05, 0.1) is 17.1 Å². The first kappa shape index (κ1) is 16.1. The summed E-state index contributed by atoms with van der Waals surface area (Å²) in [5.41, 5.74) is 0.565. The third-order valence-corrected chi connectivity index (χ3v) is 7.09. The van der Waals surface area contributed by atoms with Crippen LogP contribution in [-0.4, -0.2) is 24.3 Å². The maximum atomic E-state index is 12.7. The van der Waals surface area contributed by atoms with E-state index in [0.717, 1.165) is 4.88 Å². The van der Waals surface area contributed by atoms with Crippen LogP contribution in [0, 0.1) is 0 Å². The topological polar surface area (TPSA) is 63.4 Å². The fourth-order valence-electron chi connectivity index (χ4n) is 2.00. The van der Waals surface area contributed by atoms with Gasteiger partial charge in [0.25, 0.3) is 10.0 Å². The number of nitrogens with zero attached hydrogens (tertiary/aromatic N) is 2. The highest BCUT2D eigenvalue weighted by molar-refractivity contribution is 7.91. The summed E-state index contributed by atoms with van der Waals surface area (Å²) in [6.07, 6.45) is 3.06. The molecular formula is C15H14N2O3S3. The highest BCUT2D eigenvalue weighted by atomic mass is 32.2. The summed E-state index contributed by atoms with van der Waals surface area (Å²) in [7, 11) is -3.56. The second-order valence-corrected chi connectivity index (χ2v) is 8.70. The van der Waals surface area contributed by atoms with E-state index in [1.165, 1.54) is 33.2 Å². The van der Waals surface area contributed by atoms with Gasteiger partial charge in [-0.1, -0.05) is 18.2 Å². The van der Waals surface area contributed by atoms with E-state index in [1.54, 1.807) is 23.6 Å². The van der Waals surface area contributed by atoms with E-state index in [4.69, 9.17) is 4.42 Å². The number of thiophene rings is 2. The first-order chi connectivity index (χ1) is 11.1. The first-order valence-electron chi connectivity index (χ1n) is 6.74. The van der Waals surface area contributed by atoms with Crippen LogP contribution >= 0.6 is 22.7 Å². The van der Waals surface area contributed by atoms with Gasteiger partial charge < -0.3 is 4.42 Å². The quantitative estimate of drug-likeness (QED) is 0.596. The Balaban J connectivity index is 1.84. The molecule has 0 aliphatic carbocycles. The van der Waals surface area contributed by atoms with E-state index in [0.29, 0.717) is 15.8 Å². The Hall–Kier alpha value is -1.74. The number of sulfonamides is 1. The van der Waals surface area contributed by atoms with Gasteiger partial charge in [0, 0.05) is 6.54 Å². The minimum atomic E-state index is -3.56. The monoisotopic (exact) mass is 366 g/mol. The van der Waals surface area contributed by atoms with Crippen molar-refractivity contribution in [1.29, 1.82) is 0 Å². The van der Waals surface area contributed by atoms with Crippen LogP contribution in [0.1, 0.15) is 5.69 Å². The molecule has 0 aliphatic rings. The molecule has 0 fully saturated rings. The Labute approximate surface area is 142 Å². The molecule has 3 rings (SSSR count). The van der Waals surface area contributed by atoms with Gasteiger partial charge in [0.15, 0.2) is 0 Å². The standard InChI is InChI=1S/C15H14N2O3S3/c1-2-7-17(23(18,19)14-6-4-9-22-14)10-12-11-20-15(16-12)13-5-3-8-21-13/h2-6,8-9,11H,1,7,10H2. The van der Waals surface area contributed by atoms with Crippen molar-refractivity contribution in [3.63, 3.8) is 0 Å². The molecule has 23 heavy (non-hydrogen) atoms. The summed E-state index contributed by atoms with van der Waals surface area (Å²) >= 11 is 2.71. The molecule has 0 saturated carbocycles. The van der Waals surface area contributed by atoms with Gasteiger partial charge in [-0.2, -0.15) is 4.31 Å². The lowest BCUT2D eigenvalue weighted by molar-refractivity contribution is 0.434. The zero-order valence-corrected chi connectivity index (χ0v) is 14.5. The van der Waals surface area contributed by atoms with Crippen LogP contribution in [0.2, 0.25) is 0 Å². The molecule has 0 amide bonds. The van der Waals surface area contributed by atoms with E-state index in [2.05, 4.69) is 11.6 Å². The van der Waals surface area contributed by atoms with Gasteiger partial charge in [-0.3, -0.25) is 0 Å². The molecule has 0 unspecified atom stereocenters. The first-order valence-corrected chi connectivity index (χ1v) is 9.94. The molecule has 0 spiro atoms. The van der Waals surface area contributed by atoms with Crippen LogP contribution in [-0.2, 0) is 16.6 Å². The number of rotatable bonds is 7. The molecular weight excluding hydrogens is 352 g/mol. The van der Waals surface area contributed by atoms with Crippen LogP contribution in [0.3, 0.4) is 0 Å². The zero-order chi connectivity index (χ0) is 16.3. The Morgan fingerprint density at radius 3 is 2.70 bits per heavy atom. The third-order valence-electron chi connectivity index (χ3n) is 3.04. The lowest BCUT2D eigenvalue weighted by atomic mass is 10.4. The number of aromatic nitrogens is 1. The third kappa shape index (κ3) is 3.45. The maximum absolute atomic E-state index is 12.7. The summed E-state index contributed by atoms with van der Waals surface area (Å²) in [4.78, 5) is 5.29. The minimum Gasteiger partial charge on any atom is -0.444 e. The van der Waals surface area contributed by atoms with E-state index in [1.807, 2.05) is 17.5 Å². The smallest absolute Gasteiger partial charge is 0.253 e. The van der Waals surface area contributed by atoms with Gasteiger partial charge in [0.1, 0.15) is 10.5 Å². The molecule has 8 heteroatoms. The molecule has 3 aromatic rings. The normalized spacial score (nSPS) is 11.9. The van der Waals surface area contributed by atoms with Crippen molar-refractivity contribution >= 4 is 32.7 Å². The summed E-state index contributed by atoms with van der Waals surface area (Å²) in [6.45, 7) is 3.99. The fourth-order valence-corrected chi connectivity index (χ4v) is 5.18. The summed E-state index contributed by atoms with van der Waals surface area (Å²) in [6, 6.07) is 7.13. The van der Waals surface area contributed by atoms with Crippen LogP contribution in [0.15, 0.2) is 62.6 Å². The van der Waals surface area contributed by atoms with Crippen molar-refractivity contribution in [3.05, 3.63) is 59.6 Å². The molecule has 3 aromatic heterocycles. The fraction of sp³-hybridized carbons (Fsp3) is 0.133. The van der Waals surface area contributed by atoms with Crippen molar-refractivity contribution in [1.82, 2.24) is 9.29 Å². The van der Waals surface area contributed by atoms with Gasteiger partial charge >= 0.3 is 0 Å². The van der Waals surface area contributed by atoms with Crippen LogP contribution in [0.5, 0.6) is 0 Å². The molecule has 0 bridgehead atoms. The SMILES string of the molecule is C=CCN(Cc1coc(-c2cccs2)n1)S(=O)(=O)c1cccs1. The Bertz CT molecular complexity index is 865. The van der Waals surface area contributed by atoms with E-state index < -0.39 is 10.0 Å². The molecule has 0 aliphatic heterocycles. The van der Waals surface area contributed by atoms with Gasteiger partial charge in [0.2, 0.25) is 5.89 Å². The Morgan fingerprint density at radius 2 is 2.04 bits per heavy atom. The molecule has 5 nitrogen and oxygen atoms in total. The highest BCUT2D eigenvalue weighted by Crippen LogP contribution is 2.26. The van der Waals surface area contributed by atoms with Crippen molar-refractivity contribution in [3.8, 4) is 10.8 Å². The van der Waals surface area contributed by atoms with Crippen LogP contribution in [0.4, 0.5) is 0 Å². The lowest BCUT2D eigenvalue weighted by Gasteiger charge is -2.18. The van der Waals surface area contributed by atoms with Crippen molar-refractivity contribution < 1.29 is 12.8 Å². The highest BCUT2D eigenvalue weighted by Gasteiger charge is 2.25. The second kappa shape index (κ2) is 6.79. The molecule has 0 radical (unpaired) electrons.